The number of carbonyl (C=O) groups is 4. The first-order valence-corrected chi connectivity index (χ1v) is 12.8. The number of benzene rings is 1. The number of rotatable bonds is 10. The number of amides is 3. The molecule has 1 unspecified atom stereocenters. The van der Waals surface area contributed by atoms with E-state index in [1.54, 1.807) is 54.9 Å². The highest BCUT2D eigenvalue weighted by molar-refractivity contribution is 7.98. The van der Waals surface area contributed by atoms with E-state index in [4.69, 9.17) is 16.3 Å². The minimum Gasteiger partial charge on any atom is -0.466 e. The molecule has 1 aliphatic rings. The van der Waals surface area contributed by atoms with Crippen LogP contribution in [0.5, 0.6) is 0 Å². The van der Waals surface area contributed by atoms with Crippen LogP contribution in [0.2, 0.25) is 5.02 Å². The van der Waals surface area contributed by atoms with Gasteiger partial charge >= 0.3 is 5.97 Å². The van der Waals surface area contributed by atoms with Crippen LogP contribution < -0.4 is 5.32 Å². The minimum atomic E-state index is -0.770. The lowest BCUT2D eigenvalue weighted by atomic mass is 9.97. The van der Waals surface area contributed by atoms with Crippen molar-refractivity contribution in [1.29, 1.82) is 0 Å². The molecule has 0 saturated carbocycles. The Kier molecular flexibility index (Phi) is 11.0. The number of nitrogens with one attached hydrogen (secondary N) is 1. The molecule has 33 heavy (non-hydrogen) atoms. The van der Waals surface area contributed by atoms with Crippen molar-refractivity contribution in [1.82, 2.24) is 15.1 Å². The molecule has 1 aliphatic heterocycles. The Morgan fingerprint density at radius 2 is 1.91 bits per heavy atom. The number of piperidine rings is 1. The van der Waals surface area contributed by atoms with Crippen molar-refractivity contribution in [3.8, 4) is 0 Å². The van der Waals surface area contributed by atoms with Gasteiger partial charge in [0.15, 0.2) is 0 Å². The zero-order valence-electron chi connectivity index (χ0n) is 19.3. The predicted octanol–water partition coefficient (Wildman–Crippen LogP) is 2.45. The third-order valence-electron chi connectivity index (χ3n) is 5.55. The van der Waals surface area contributed by atoms with Crippen molar-refractivity contribution in [2.45, 2.75) is 32.2 Å². The number of ether oxygens (including phenoxy) is 1. The fraction of sp³-hybridized carbons (Fsp3) is 0.565. The summed E-state index contributed by atoms with van der Waals surface area (Å²) in [6.45, 7) is 2.91. The molecule has 1 saturated heterocycles. The Bertz CT molecular complexity index is 845. The molecule has 2 rings (SSSR count). The first-order valence-electron chi connectivity index (χ1n) is 11.0. The summed E-state index contributed by atoms with van der Waals surface area (Å²) >= 11 is 7.68. The molecule has 1 aromatic rings. The highest BCUT2D eigenvalue weighted by atomic mass is 35.5. The van der Waals surface area contributed by atoms with Crippen molar-refractivity contribution < 1.29 is 23.9 Å². The Labute approximate surface area is 204 Å². The molecule has 0 spiro atoms. The van der Waals surface area contributed by atoms with Gasteiger partial charge < -0.3 is 19.9 Å². The van der Waals surface area contributed by atoms with Gasteiger partial charge in [-0.15, -0.1) is 0 Å². The summed E-state index contributed by atoms with van der Waals surface area (Å²) < 4.78 is 5.06. The van der Waals surface area contributed by atoms with E-state index >= 15 is 0 Å². The van der Waals surface area contributed by atoms with Crippen LogP contribution >= 0.6 is 23.4 Å². The van der Waals surface area contributed by atoms with Crippen LogP contribution in [-0.2, 0) is 19.1 Å². The van der Waals surface area contributed by atoms with Gasteiger partial charge in [0, 0.05) is 20.1 Å². The van der Waals surface area contributed by atoms with Crippen LogP contribution in [0.25, 0.3) is 0 Å². The zero-order chi connectivity index (χ0) is 24.4. The number of thioether (sulfide) groups is 1. The van der Waals surface area contributed by atoms with Crippen molar-refractivity contribution in [2.75, 3.05) is 45.3 Å². The van der Waals surface area contributed by atoms with E-state index in [9.17, 15) is 19.2 Å². The van der Waals surface area contributed by atoms with Gasteiger partial charge in [-0.25, -0.2) is 0 Å². The lowest BCUT2D eigenvalue weighted by Gasteiger charge is -2.32. The summed E-state index contributed by atoms with van der Waals surface area (Å²) in [5, 5.41) is 3.07. The standard InChI is InChI=1S/C23H32ClN3O5S/c1-4-32-23(31)16-9-12-27(13-10-16)20(28)15-26(2)22(30)19(11-14-33-3)25-21(29)17-7-5-6-8-18(17)24/h5-8,16,19H,4,9-15H2,1-3H3,(H,25,29). The van der Waals surface area contributed by atoms with Gasteiger partial charge in [-0.1, -0.05) is 23.7 Å². The van der Waals surface area contributed by atoms with Crippen LogP contribution in [0.1, 0.15) is 36.5 Å². The maximum absolute atomic E-state index is 13.1. The molecular weight excluding hydrogens is 466 g/mol. The first-order chi connectivity index (χ1) is 15.8. The number of nitrogens with zero attached hydrogens (tertiary/aromatic N) is 2. The zero-order valence-corrected chi connectivity index (χ0v) is 20.9. The van der Waals surface area contributed by atoms with Gasteiger partial charge in [0.25, 0.3) is 5.91 Å². The van der Waals surface area contributed by atoms with Crippen LogP contribution in [0.3, 0.4) is 0 Å². The minimum absolute atomic E-state index is 0.0966. The number of esters is 1. The van der Waals surface area contributed by atoms with E-state index in [0.717, 1.165) is 0 Å². The van der Waals surface area contributed by atoms with Gasteiger partial charge in [-0.3, -0.25) is 19.2 Å². The van der Waals surface area contributed by atoms with Crippen molar-refractivity contribution >= 4 is 47.1 Å². The quantitative estimate of drug-likeness (QED) is 0.499. The fourth-order valence-corrected chi connectivity index (χ4v) is 4.34. The predicted molar refractivity (Wildman–Crippen MR) is 129 cm³/mol. The Morgan fingerprint density at radius 3 is 2.52 bits per heavy atom. The average molecular weight is 498 g/mol. The summed E-state index contributed by atoms with van der Waals surface area (Å²) in [5.74, 6) is -0.691. The summed E-state index contributed by atoms with van der Waals surface area (Å²) in [5.41, 5.74) is 0.296. The van der Waals surface area contributed by atoms with Crippen LogP contribution in [0, 0.1) is 5.92 Å². The fourth-order valence-electron chi connectivity index (χ4n) is 3.65. The molecule has 3 amide bonds. The van der Waals surface area contributed by atoms with E-state index in [2.05, 4.69) is 5.32 Å². The third-order valence-corrected chi connectivity index (χ3v) is 6.52. The molecule has 1 aromatic carbocycles. The Balaban J connectivity index is 1.95. The molecule has 10 heteroatoms. The van der Waals surface area contributed by atoms with Crippen molar-refractivity contribution in [2.24, 2.45) is 5.92 Å². The monoisotopic (exact) mass is 497 g/mol. The third kappa shape index (κ3) is 7.92. The Hall–Kier alpha value is -2.26. The van der Waals surface area contributed by atoms with Gasteiger partial charge in [-0.05, 0) is 50.3 Å². The van der Waals surface area contributed by atoms with Crippen molar-refractivity contribution in [3.63, 3.8) is 0 Å². The van der Waals surface area contributed by atoms with Crippen LogP contribution in [-0.4, -0.2) is 84.8 Å². The van der Waals surface area contributed by atoms with E-state index in [1.807, 2.05) is 6.26 Å². The van der Waals surface area contributed by atoms with Crippen molar-refractivity contribution in [3.05, 3.63) is 34.9 Å². The van der Waals surface area contributed by atoms with Crippen LogP contribution in [0.15, 0.2) is 24.3 Å². The molecule has 0 aromatic heterocycles. The topological polar surface area (TPSA) is 96.0 Å². The van der Waals surface area contributed by atoms with E-state index < -0.39 is 11.9 Å². The van der Waals surface area contributed by atoms with Gasteiger partial charge in [0.05, 0.1) is 29.7 Å². The largest absolute Gasteiger partial charge is 0.466 e. The molecule has 0 radical (unpaired) electrons. The smallest absolute Gasteiger partial charge is 0.309 e. The number of hydrogen-bond acceptors (Lipinski definition) is 6. The molecule has 0 aliphatic carbocycles. The molecule has 1 fully saturated rings. The molecular formula is C23H32ClN3O5S. The maximum Gasteiger partial charge on any atom is 0.309 e. The second-order valence-corrected chi connectivity index (χ2v) is 9.28. The number of likely N-dealkylation sites (tertiary alicyclic amines) is 1. The molecule has 1 atom stereocenters. The van der Waals surface area contributed by atoms with E-state index in [1.165, 1.54) is 4.90 Å². The normalized spacial score (nSPS) is 15.0. The number of hydrogen-bond donors (Lipinski definition) is 1. The summed E-state index contributed by atoms with van der Waals surface area (Å²) in [6.07, 6.45) is 3.45. The number of carbonyl (C=O) groups excluding carboxylic acids is 4. The van der Waals surface area contributed by atoms with E-state index in [-0.39, 0.29) is 30.2 Å². The lowest BCUT2D eigenvalue weighted by Crippen LogP contribution is -2.51. The molecule has 0 bridgehead atoms. The molecule has 8 nitrogen and oxygen atoms in total. The van der Waals surface area contributed by atoms with Gasteiger partial charge in [0.1, 0.15) is 6.04 Å². The highest BCUT2D eigenvalue weighted by Crippen LogP contribution is 2.19. The molecule has 1 N–H and O–H groups in total. The summed E-state index contributed by atoms with van der Waals surface area (Å²) in [4.78, 5) is 53.4. The van der Waals surface area contributed by atoms with Gasteiger partial charge in [0.2, 0.25) is 11.8 Å². The lowest BCUT2D eigenvalue weighted by molar-refractivity contribution is -0.151. The second-order valence-electron chi connectivity index (χ2n) is 7.89. The molecule has 182 valence electrons. The SMILES string of the molecule is CCOC(=O)C1CCN(C(=O)CN(C)C(=O)C(CCSC)NC(=O)c2ccccc2Cl)CC1. The first kappa shape index (κ1) is 27.0. The average Bonchev–Trinajstić information content (AvgIpc) is 2.81. The van der Waals surface area contributed by atoms with Gasteiger partial charge in [-0.2, -0.15) is 11.8 Å². The summed E-state index contributed by atoms with van der Waals surface area (Å²) in [7, 11) is 1.55. The maximum atomic E-state index is 13.1. The van der Waals surface area contributed by atoms with Crippen LogP contribution in [0.4, 0.5) is 0 Å². The summed E-state index contributed by atoms with van der Waals surface area (Å²) in [6, 6.07) is 5.87. The van der Waals surface area contributed by atoms with E-state index in [0.29, 0.717) is 55.3 Å². The number of likely N-dealkylation sites (N-methyl/N-ethyl adjacent to an activating group) is 1. The number of halogens is 1. The highest BCUT2D eigenvalue weighted by Gasteiger charge is 2.30. The Morgan fingerprint density at radius 1 is 1.24 bits per heavy atom. The molecule has 1 heterocycles. The second kappa shape index (κ2) is 13.4.